The summed E-state index contributed by atoms with van der Waals surface area (Å²) in [7, 11) is 0. The molecule has 0 aromatic carbocycles. The molecule has 2 aromatic rings. The molecule has 1 aliphatic carbocycles. The van der Waals surface area contributed by atoms with Crippen LogP contribution in [0.4, 0.5) is 0 Å². The van der Waals surface area contributed by atoms with E-state index in [-0.39, 0.29) is 6.10 Å². The third-order valence-corrected chi connectivity index (χ3v) is 5.42. The average molecular weight is 264 g/mol. The first-order valence-electron chi connectivity index (χ1n) is 6.13. The van der Waals surface area contributed by atoms with Gasteiger partial charge in [-0.3, -0.25) is 0 Å². The molecule has 2 heterocycles. The molecule has 1 atom stereocenters. The Morgan fingerprint density at radius 2 is 2.18 bits per heavy atom. The zero-order valence-electron chi connectivity index (χ0n) is 9.69. The molecule has 0 fully saturated rings. The summed E-state index contributed by atoms with van der Waals surface area (Å²) in [4.78, 5) is 2.67. The van der Waals surface area contributed by atoms with E-state index in [0.717, 1.165) is 11.3 Å². The third kappa shape index (κ3) is 2.46. The molecule has 0 saturated heterocycles. The van der Waals surface area contributed by atoms with Crippen molar-refractivity contribution in [2.45, 2.75) is 38.2 Å². The highest BCUT2D eigenvalue weighted by Crippen LogP contribution is 2.34. The van der Waals surface area contributed by atoms with Gasteiger partial charge in [0.15, 0.2) is 0 Å². The van der Waals surface area contributed by atoms with Crippen LogP contribution in [0.3, 0.4) is 0 Å². The number of thiophene rings is 2. The van der Waals surface area contributed by atoms with Crippen LogP contribution in [0.5, 0.6) is 0 Å². The number of hydrogen-bond donors (Lipinski definition) is 1. The van der Waals surface area contributed by atoms with Gasteiger partial charge in [0, 0.05) is 16.2 Å². The third-order valence-electron chi connectivity index (χ3n) is 3.35. The van der Waals surface area contributed by atoms with Crippen molar-refractivity contribution in [3.05, 3.63) is 43.8 Å². The summed E-state index contributed by atoms with van der Waals surface area (Å²) in [6, 6.07) is 4.33. The van der Waals surface area contributed by atoms with Crippen molar-refractivity contribution in [3.8, 4) is 0 Å². The van der Waals surface area contributed by atoms with Crippen molar-refractivity contribution in [1.82, 2.24) is 0 Å². The summed E-state index contributed by atoms with van der Waals surface area (Å²) in [6.07, 6.45) is 5.47. The molecule has 1 unspecified atom stereocenters. The maximum atomic E-state index is 10.3. The van der Waals surface area contributed by atoms with Crippen molar-refractivity contribution in [1.29, 1.82) is 0 Å². The molecule has 0 radical (unpaired) electrons. The molecule has 0 bridgehead atoms. The molecule has 90 valence electrons. The Labute approximate surface area is 110 Å². The number of rotatable bonds is 3. The first-order valence-corrected chi connectivity index (χ1v) is 7.89. The number of fused-ring (bicyclic) bond motifs is 1. The Morgan fingerprint density at radius 1 is 1.29 bits per heavy atom. The summed E-state index contributed by atoms with van der Waals surface area (Å²) >= 11 is 3.52. The van der Waals surface area contributed by atoms with Crippen LogP contribution in [0, 0.1) is 0 Å². The van der Waals surface area contributed by atoms with Gasteiger partial charge in [0.2, 0.25) is 0 Å². The molecule has 17 heavy (non-hydrogen) atoms. The second-order valence-electron chi connectivity index (χ2n) is 4.66. The molecule has 1 nitrogen and oxygen atoms in total. The van der Waals surface area contributed by atoms with E-state index in [1.54, 1.807) is 11.3 Å². The van der Waals surface area contributed by atoms with Gasteiger partial charge in [-0.15, -0.1) is 11.3 Å². The Bertz CT molecular complexity index is 461. The first kappa shape index (κ1) is 11.5. The topological polar surface area (TPSA) is 20.2 Å². The Balaban J connectivity index is 1.77. The predicted octanol–water partition coefficient (Wildman–Crippen LogP) is 3.96. The molecule has 1 N–H and O–H groups in total. The molecular weight excluding hydrogens is 248 g/mol. The molecule has 2 aromatic heterocycles. The maximum absolute atomic E-state index is 10.3. The Hall–Kier alpha value is -0.640. The molecule has 0 aliphatic heterocycles. The van der Waals surface area contributed by atoms with Crippen molar-refractivity contribution in [2.24, 2.45) is 0 Å². The van der Waals surface area contributed by atoms with E-state index < -0.39 is 0 Å². The first-order chi connectivity index (χ1) is 8.33. The number of aliphatic hydroxyl groups is 1. The zero-order chi connectivity index (χ0) is 11.7. The van der Waals surface area contributed by atoms with Gasteiger partial charge in [-0.05, 0) is 59.7 Å². The normalized spacial score (nSPS) is 16.8. The largest absolute Gasteiger partial charge is 0.387 e. The van der Waals surface area contributed by atoms with Crippen molar-refractivity contribution in [2.75, 3.05) is 0 Å². The Kier molecular flexibility index (Phi) is 3.32. The van der Waals surface area contributed by atoms with Gasteiger partial charge in [0.25, 0.3) is 0 Å². The van der Waals surface area contributed by atoms with Gasteiger partial charge in [-0.1, -0.05) is 0 Å². The van der Waals surface area contributed by atoms with Crippen LogP contribution in [0.2, 0.25) is 0 Å². The highest BCUT2D eigenvalue weighted by Gasteiger charge is 2.17. The molecule has 0 spiro atoms. The lowest BCUT2D eigenvalue weighted by Gasteiger charge is -2.08. The zero-order valence-corrected chi connectivity index (χ0v) is 11.3. The van der Waals surface area contributed by atoms with Gasteiger partial charge >= 0.3 is 0 Å². The Morgan fingerprint density at radius 3 is 2.94 bits per heavy atom. The second kappa shape index (κ2) is 4.92. The van der Waals surface area contributed by atoms with Crippen molar-refractivity contribution < 1.29 is 5.11 Å². The highest BCUT2D eigenvalue weighted by molar-refractivity contribution is 7.12. The fourth-order valence-electron chi connectivity index (χ4n) is 2.41. The minimum Gasteiger partial charge on any atom is -0.387 e. The van der Waals surface area contributed by atoms with Crippen LogP contribution in [0.1, 0.15) is 39.8 Å². The maximum Gasteiger partial charge on any atom is 0.0922 e. The van der Waals surface area contributed by atoms with Gasteiger partial charge in [-0.25, -0.2) is 0 Å². The molecule has 1 aliphatic rings. The van der Waals surface area contributed by atoms with Crippen LogP contribution in [-0.2, 0) is 19.3 Å². The molecule has 3 heteroatoms. The number of aryl methyl sites for hydroxylation is 2. The quantitative estimate of drug-likeness (QED) is 0.889. The minimum atomic E-state index is -0.319. The summed E-state index contributed by atoms with van der Waals surface area (Å²) in [5, 5.41) is 14.4. The van der Waals surface area contributed by atoms with E-state index in [9.17, 15) is 5.11 Å². The lowest BCUT2D eigenvalue weighted by Crippen LogP contribution is -1.98. The summed E-state index contributed by atoms with van der Waals surface area (Å²) in [5.74, 6) is 0. The lowest BCUT2D eigenvalue weighted by molar-refractivity contribution is 0.182. The fraction of sp³-hybridized carbons (Fsp3) is 0.429. The van der Waals surface area contributed by atoms with Gasteiger partial charge in [-0.2, -0.15) is 11.3 Å². The van der Waals surface area contributed by atoms with Gasteiger partial charge in [0.05, 0.1) is 6.10 Å². The SMILES string of the molecule is OC(Cc1ccsc1)c1cc2c(s1)CCCC2. The number of hydrogen-bond acceptors (Lipinski definition) is 3. The van der Waals surface area contributed by atoms with E-state index in [1.807, 2.05) is 11.3 Å². The van der Waals surface area contributed by atoms with Crippen LogP contribution in [-0.4, -0.2) is 5.11 Å². The molecular formula is C14H16OS2. The lowest BCUT2D eigenvalue weighted by atomic mass is 9.98. The van der Waals surface area contributed by atoms with Crippen LogP contribution in [0.15, 0.2) is 22.9 Å². The molecule has 3 rings (SSSR count). The van der Waals surface area contributed by atoms with E-state index in [2.05, 4.69) is 22.9 Å². The average Bonchev–Trinajstić information content (AvgIpc) is 2.96. The predicted molar refractivity (Wildman–Crippen MR) is 73.9 cm³/mol. The van der Waals surface area contributed by atoms with E-state index in [0.29, 0.717) is 0 Å². The second-order valence-corrected chi connectivity index (χ2v) is 6.60. The van der Waals surface area contributed by atoms with E-state index >= 15 is 0 Å². The van der Waals surface area contributed by atoms with Crippen molar-refractivity contribution >= 4 is 22.7 Å². The minimum absolute atomic E-state index is 0.319. The van der Waals surface area contributed by atoms with Crippen LogP contribution in [0.25, 0.3) is 0 Å². The highest BCUT2D eigenvalue weighted by atomic mass is 32.1. The monoisotopic (exact) mass is 264 g/mol. The molecule has 0 saturated carbocycles. The summed E-state index contributed by atoms with van der Waals surface area (Å²) < 4.78 is 0. The molecule has 0 amide bonds. The van der Waals surface area contributed by atoms with Gasteiger partial charge in [0.1, 0.15) is 0 Å². The van der Waals surface area contributed by atoms with Crippen LogP contribution >= 0.6 is 22.7 Å². The van der Waals surface area contributed by atoms with E-state index in [1.165, 1.54) is 41.7 Å². The summed E-state index contributed by atoms with van der Waals surface area (Å²) in [6.45, 7) is 0. The fourth-order valence-corrected chi connectivity index (χ4v) is 4.34. The van der Waals surface area contributed by atoms with Gasteiger partial charge < -0.3 is 5.11 Å². The van der Waals surface area contributed by atoms with Crippen LogP contribution < -0.4 is 0 Å². The van der Waals surface area contributed by atoms with Crippen molar-refractivity contribution in [3.63, 3.8) is 0 Å². The summed E-state index contributed by atoms with van der Waals surface area (Å²) in [5.41, 5.74) is 2.73. The number of aliphatic hydroxyl groups excluding tert-OH is 1. The van der Waals surface area contributed by atoms with E-state index in [4.69, 9.17) is 0 Å². The standard InChI is InChI=1S/C14H16OS2/c15-12(7-10-5-6-16-9-10)14-8-11-3-1-2-4-13(11)17-14/h5-6,8-9,12,15H,1-4,7H2. The smallest absolute Gasteiger partial charge is 0.0922 e.